The van der Waals surface area contributed by atoms with Gasteiger partial charge in [-0.05, 0) is 42.7 Å². The van der Waals surface area contributed by atoms with Crippen molar-refractivity contribution in [3.05, 3.63) is 65.2 Å². The minimum atomic E-state index is -4.46. The first-order valence-corrected chi connectivity index (χ1v) is 8.62. The van der Waals surface area contributed by atoms with Gasteiger partial charge in [-0.15, -0.1) is 0 Å². The van der Waals surface area contributed by atoms with Crippen LogP contribution in [0.3, 0.4) is 0 Å². The lowest BCUT2D eigenvalue weighted by molar-refractivity contribution is -0.137. The zero-order valence-electron chi connectivity index (χ0n) is 14.6. The first-order valence-electron chi connectivity index (χ1n) is 8.62. The molecule has 2 aromatic carbocycles. The Labute approximate surface area is 151 Å². The van der Waals surface area contributed by atoms with Gasteiger partial charge in [0.05, 0.1) is 5.56 Å². The second-order valence-corrected chi connectivity index (χ2v) is 6.56. The van der Waals surface area contributed by atoms with Crippen LogP contribution in [-0.4, -0.2) is 30.9 Å². The van der Waals surface area contributed by atoms with Crippen LogP contribution >= 0.6 is 0 Å². The highest BCUT2D eigenvalue weighted by atomic mass is 19.4. The van der Waals surface area contributed by atoms with Gasteiger partial charge in [0.25, 0.3) is 5.91 Å². The highest BCUT2D eigenvalue weighted by Gasteiger charge is 2.31. The number of hydrogen-bond donors (Lipinski definition) is 0. The zero-order valence-corrected chi connectivity index (χ0v) is 14.6. The topological polar surface area (TPSA) is 23.6 Å². The van der Waals surface area contributed by atoms with Crippen molar-refractivity contribution in [3.63, 3.8) is 0 Å². The number of nitrogens with zero attached hydrogens (tertiary/aromatic N) is 2. The maximum absolute atomic E-state index is 12.9. The molecule has 1 fully saturated rings. The van der Waals surface area contributed by atoms with E-state index in [0.717, 1.165) is 49.3 Å². The predicted molar refractivity (Wildman–Crippen MR) is 95.1 cm³/mol. The molecule has 1 heterocycles. The molecule has 2 aromatic rings. The smallest absolute Gasteiger partial charge is 0.371 e. The molecule has 6 heteroatoms. The van der Waals surface area contributed by atoms with Gasteiger partial charge in [-0.3, -0.25) is 4.79 Å². The fourth-order valence-electron chi connectivity index (χ4n) is 3.29. The van der Waals surface area contributed by atoms with E-state index in [9.17, 15) is 18.0 Å². The lowest BCUT2D eigenvalue weighted by Crippen LogP contribution is -2.28. The molecule has 3 nitrogen and oxygen atoms in total. The average molecular weight is 362 g/mol. The van der Waals surface area contributed by atoms with Gasteiger partial charge >= 0.3 is 6.18 Å². The van der Waals surface area contributed by atoms with Crippen LogP contribution in [0.25, 0.3) is 0 Å². The van der Waals surface area contributed by atoms with Crippen molar-refractivity contribution < 1.29 is 18.0 Å². The first-order chi connectivity index (χ1) is 12.4. The summed E-state index contributed by atoms with van der Waals surface area (Å²) < 4.78 is 38.6. The number of benzene rings is 2. The number of anilines is 1. The van der Waals surface area contributed by atoms with Gasteiger partial charge < -0.3 is 9.80 Å². The van der Waals surface area contributed by atoms with Crippen molar-refractivity contribution in [2.75, 3.05) is 25.0 Å². The van der Waals surface area contributed by atoms with Crippen LogP contribution in [0, 0.1) is 0 Å². The molecule has 1 aliphatic rings. The molecule has 0 bridgehead atoms. The van der Waals surface area contributed by atoms with Gasteiger partial charge in [-0.1, -0.05) is 24.3 Å². The van der Waals surface area contributed by atoms with Gasteiger partial charge in [0.15, 0.2) is 0 Å². The second kappa shape index (κ2) is 7.40. The predicted octanol–water partition coefficient (Wildman–Crippen LogP) is 4.58. The van der Waals surface area contributed by atoms with Crippen molar-refractivity contribution in [2.24, 2.45) is 0 Å². The van der Waals surface area contributed by atoms with Crippen LogP contribution < -0.4 is 4.90 Å². The second-order valence-electron chi connectivity index (χ2n) is 6.56. The van der Waals surface area contributed by atoms with Gasteiger partial charge in [-0.25, -0.2) is 0 Å². The molecule has 0 aliphatic carbocycles. The van der Waals surface area contributed by atoms with Crippen molar-refractivity contribution in [1.82, 2.24) is 4.90 Å². The van der Waals surface area contributed by atoms with E-state index in [0.29, 0.717) is 6.54 Å². The van der Waals surface area contributed by atoms with E-state index in [2.05, 4.69) is 4.90 Å². The van der Waals surface area contributed by atoms with E-state index in [1.165, 1.54) is 17.0 Å². The fraction of sp³-hybridized carbons (Fsp3) is 0.350. The SMILES string of the molecule is CN(Cc1ccccc1N1CCCC1)C(=O)c1cccc(C(F)(F)F)c1. The highest BCUT2D eigenvalue weighted by Crippen LogP contribution is 2.30. The Morgan fingerprint density at radius 2 is 1.77 bits per heavy atom. The van der Waals surface area contributed by atoms with Crippen LogP contribution in [-0.2, 0) is 12.7 Å². The number of para-hydroxylation sites is 1. The summed E-state index contributed by atoms with van der Waals surface area (Å²) in [7, 11) is 1.61. The van der Waals surface area contributed by atoms with Crippen LogP contribution in [0.1, 0.15) is 34.3 Å². The first kappa shape index (κ1) is 18.3. The Hall–Kier alpha value is -2.50. The maximum atomic E-state index is 12.9. The van der Waals surface area contributed by atoms with Crippen molar-refractivity contribution in [3.8, 4) is 0 Å². The van der Waals surface area contributed by atoms with E-state index in [4.69, 9.17) is 0 Å². The molecule has 1 aliphatic heterocycles. The quantitative estimate of drug-likeness (QED) is 0.795. The summed E-state index contributed by atoms with van der Waals surface area (Å²) >= 11 is 0. The third kappa shape index (κ3) is 4.00. The van der Waals surface area contributed by atoms with E-state index in [1.807, 2.05) is 24.3 Å². The molecule has 1 amide bonds. The summed E-state index contributed by atoms with van der Waals surface area (Å²) in [6.07, 6.45) is -2.17. The molecule has 0 spiro atoms. The molecule has 0 aromatic heterocycles. The van der Waals surface area contributed by atoms with Gasteiger partial charge in [0, 0.05) is 37.9 Å². The Morgan fingerprint density at radius 1 is 1.08 bits per heavy atom. The molecule has 3 rings (SSSR count). The largest absolute Gasteiger partial charge is 0.416 e. The summed E-state index contributed by atoms with van der Waals surface area (Å²) in [6, 6.07) is 12.4. The van der Waals surface area contributed by atoms with E-state index in [-0.39, 0.29) is 5.56 Å². The Kier molecular flexibility index (Phi) is 5.20. The minimum absolute atomic E-state index is 0.0426. The monoisotopic (exact) mass is 362 g/mol. The number of carbonyl (C=O) groups excluding carboxylic acids is 1. The summed E-state index contributed by atoms with van der Waals surface area (Å²) in [5, 5.41) is 0. The van der Waals surface area contributed by atoms with Crippen LogP contribution in [0.5, 0.6) is 0 Å². The minimum Gasteiger partial charge on any atom is -0.371 e. The number of halogens is 3. The molecule has 138 valence electrons. The Bertz CT molecular complexity index is 783. The molecular formula is C20H21F3N2O. The fourth-order valence-corrected chi connectivity index (χ4v) is 3.29. The number of hydrogen-bond acceptors (Lipinski definition) is 2. The standard InChI is InChI=1S/C20H21F3N2O/c1-24(19(26)15-8-6-9-17(13-15)20(21,22)23)14-16-7-2-3-10-18(16)25-11-4-5-12-25/h2-3,6-10,13H,4-5,11-12,14H2,1H3. The molecule has 0 radical (unpaired) electrons. The maximum Gasteiger partial charge on any atom is 0.416 e. The van der Waals surface area contributed by atoms with Crippen LogP contribution in [0.2, 0.25) is 0 Å². The summed E-state index contributed by atoms with van der Waals surface area (Å²) in [5.41, 5.74) is 1.32. The van der Waals surface area contributed by atoms with Crippen LogP contribution in [0.4, 0.5) is 18.9 Å². The molecule has 26 heavy (non-hydrogen) atoms. The van der Waals surface area contributed by atoms with Crippen molar-refractivity contribution in [1.29, 1.82) is 0 Å². The molecule has 0 N–H and O–H groups in total. The van der Waals surface area contributed by atoms with Crippen molar-refractivity contribution >= 4 is 11.6 Å². The van der Waals surface area contributed by atoms with E-state index < -0.39 is 17.6 Å². The number of amides is 1. The molecule has 0 unspecified atom stereocenters. The van der Waals surface area contributed by atoms with Crippen LogP contribution in [0.15, 0.2) is 48.5 Å². The lowest BCUT2D eigenvalue weighted by atomic mass is 10.1. The third-order valence-corrected chi connectivity index (χ3v) is 4.63. The van der Waals surface area contributed by atoms with E-state index in [1.54, 1.807) is 7.05 Å². The highest BCUT2D eigenvalue weighted by molar-refractivity contribution is 5.94. The number of carbonyl (C=O) groups is 1. The number of alkyl halides is 3. The van der Waals surface area contributed by atoms with Gasteiger partial charge in [-0.2, -0.15) is 13.2 Å². The normalized spacial score (nSPS) is 14.5. The summed E-state index contributed by atoms with van der Waals surface area (Å²) in [6.45, 7) is 2.33. The summed E-state index contributed by atoms with van der Waals surface area (Å²) in [5.74, 6) is -0.424. The Morgan fingerprint density at radius 3 is 2.46 bits per heavy atom. The molecule has 0 saturated carbocycles. The van der Waals surface area contributed by atoms with Gasteiger partial charge in [0.1, 0.15) is 0 Å². The summed E-state index contributed by atoms with van der Waals surface area (Å²) in [4.78, 5) is 16.4. The van der Waals surface area contributed by atoms with Crippen molar-refractivity contribution in [2.45, 2.75) is 25.6 Å². The third-order valence-electron chi connectivity index (χ3n) is 4.63. The average Bonchev–Trinajstić information content (AvgIpc) is 3.15. The molecular weight excluding hydrogens is 341 g/mol. The number of rotatable bonds is 4. The van der Waals surface area contributed by atoms with Gasteiger partial charge in [0.2, 0.25) is 0 Å². The lowest BCUT2D eigenvalue weighted by Gasteiger charge is -2.24. The van der Waals surface area contributed by atoms with E-state index >= 15 is 0 Å². The zero-order chi connectivity index (χ0) is 18.7. The molecule has 0 atom stereocenters. The molecule has 1 saturated heterocycles. The Balaban J connectivity index is 1.78.